The maximum atomic E-state index is 4.86. The molecule has 1 aliphatic carbocycles. The molecular weight excluding hydrogens is 310 g/mol. The van der Waals surface area contributed by atoms with Crippen LogP contribution in [0.1, 0.15) is 34.9 Å². The van der Waals surface area contributed by atoms with Crippen molar-refractivity contribution >= 4 is 17.5 Å². The molecule has 1 aliphatic rings. The predicted molar refractivity (Wildman–Crippen MR) is 100 cm³/mol. The minimum absolute atomic E-state index is 0.325. The number of benzene rings is 1. The molecule has 0 saturated heterocycles. The highest BCUT2D eigenvalue weighted by Crippen LogP contribution is 2.40. The van der Waals surface area contributed by atoms with Crippen molar-refractivity contribution in [3.63, 3.8) is 0 Å². The second-order valence-electron chi connectivity index (χ2n) is 6.32. The average Bonchev–Trinajstić information content (AvgIpc) is 3.06. The van der Waals surface area contributed by atoms with E-state index in [9.17, 15) is 0 Å². The fraction of sp³-hybridized carbons (Fsp3) is 0.250. The zero-order valence-electron chi connectivity index (χ0n) is 14.5. The zero-order valence-corrected chi connectivity index (χ0v) is 14.5. The van der Waals surface area contributed by atoms with E-state index in [1.165, 1.54) is 11.1 Å². The van der Waals surface area contributed by atoms with Crippen LogP contribution in [0.25, 0.3) is 0 Å². The van der Waals surface area contributed by atoms with Crippen LogP contribution in [0, 0.1) is 6.92 Å². The van der Waals surface area contributed by atoms with Gasteiger partial charge in [-0.3, -0.25) is 4.98 Å². The molecule has 3 aromatic rings. The first-order valence-corrected chi connectivity index (χ1v) is 8.58. The first kappa shape index (κ1) is 15.6. The fourth-order valence-corrected chi connectivity index (χ4v) is 3.49. The van der Waals surface area contributed by atoms with Gasteiger partial charge < -0.3 is 10.6 Å². The Morgan fingerprint density at radius 3 is 2.68 bits per heavy atom. The van der Waals surface area contributed by atoms with Crippen LogP contribution < -0.4 is 10.6 Å². The molecule has 0 spiro atoms. The first-order chi connectivity index (χ1) is 12.2. The monoisotopic (exact) mass is 331 g/mol. The van der Waals surface area contributed by atoms with Gasteiger partial charge in [-0.1, -0.05) is 30.3 Å². The molecular formula is C20H21N5. The minimum Gasteiger partial charge on any atom is -0.373 e. The molecule has 2 N–H and O–H groups in total. The Labute approximate surface area is 147 Å². The molecule has 0 bridgehead atoms. The summed E-state index contributed by atoms with van der Waals surface area (Å²) in [6.45, 7) is 1.97. The van der Waals surface area contributed by atoms with Crippen molar-refractivity contribution in [2.45, 2.75) is 25.7 Å². The van der Waals surface area contributed by atoms with E-state index in [1.54, 1.807) is 6.20 Å². The summed E-state index contributed by atoms with van der Waals surface area (Å²) in [5.41, 5.74) is 5.57. The number of anilines is 3. The molecule has 0 aliphatic heterocycles. The summed E-state index contributed by atoms with van der Waals surface area (Å²) in [6.07, 6.45) is 3.86. The van der Waals surface area contributed by atoms with Gasteiger partial charge in [-0.25, -0.2) is 4.98 Å². The van der Waals surface area contributed by atoms with E-state index in [-0.39, 0.29) is 0 Å². The number of fused-ring (bicyclic) bond motifs is 1. The predicted octanol–water partition coefficient (Wildman–Crippen LogP) is 4.04. The van der Waals surface area contributed by atoms with Gasteiger partial charge in [0.25, 0.3) is 0 Å². The summed E-state index contributed by atoms with van der Waals surface area (Å²) in [4.78, 5) is 13.8. The molecule has 0 fully saturated rings. The topological polar surface area (TPSA) is 62.7 Å². The molecule has 0 saturated carbocycles. The molecule has 5 heteroatoms. The van der Waals surface area contributed by atoms with Crippen LogP contribution in [0.15, 0.2) is 48.7 Å². The highest BCUT2D eigenvalue weighted by atomic mass is 15.1. The summed E-state index contributed by atoms with van der Waals surface area (Å²) >= 11 is 0. The third kappa shape index (κ3) is 3.05. The number of rotatable bonds is 4. The molecule has 0 radical (unpaired) electrons. The lowest BCUT2D eigenvalue weighted by Gasteiger charge is -2.15. The number of nitrogens with one attached hydrogen (secondary N) is 2. The quantitative estimate of drug-likeness (QED) is 0.755. The van der Waals surface area contributed by atoms with Gasteiger partial charge in [0.1, 0.15) is 5.82 Å². The van der Waals surface area contributed by atoms with E-state index < -0.39 is 0 Å². The summed E-state index contributed by atoms with van der Waals surface area (Å²) in [5.74, 6) is 1.86. The second kappa shape index (κ2) is 6.51. The van der Waals surface area contributed by atoms with E-state index in [0.717, 1.165) is 35.7 Å². The number of hydrogen-bond donors (Lipinski definition) is 2. The third-order valence-corrected chi connectivity index (χ3v) is 4.64. The smallest absolute Gasteiger partial charge is 0.229 e. The lowest BCUT2D eigenvalue weighted by Crippen LogP contribution is -2.08. The number of pyridine rings is 1. The number of hydrogen-bond acceptors (Lipinski definition) is 5. The summed E-state index contributed by atoms with van der Waals surface area (Å²) in [7, 11) is 1.92. The Balaban J connectivity index is 1.73. The highest BCUT2D eigenvalue weighted by Gasteiger charge is 2.29. The van der Waals surface area contributed by atoms with Gasteiger partial charge in [-0.15, -0.1) is 0 Å². The average molecular weight is 331 g/mol. The minimum atomic E-state index is 0.325. The van der Waals surface area contributed by atoms with Crippen LogP contribution in [0.4, 0.5) is 17.5 Å². The molecule has 2 aromatic heterocycles. The van der Waals surface area contributed by atoms with Crippen molar-refractivity contribution < 1.29 is 0 Å². The van der Waals surface area contributed by atoms with Gasteiger partial charge in [0.15, 0.2) is 0 Å². The van der Waals surface area contributed by atoms with Crippen LogP contribution in [-0.2, 0) is 6.42 Å². The van der Waals surface area contributed by atoms with E-state index in [4.69, 9.17) is 4.98 Å². The molecule has 126 valence electrons. The van der Waals surface area contributed by atoms with Crippen LogP contribution in [-0.4, -0.2) is 22.0 Å². The Hall–Kier alpha value is -2.95. The lowest BCUT2D eigenvalue weighted by atomic mass is 9.97. The molecule has 0 amide bonds. The van der Waals surface area contributed by atoms with Gasteiger partial charge >= 0.3 is 0 Å². The molecule has 1 aromatic carbocycles. The van der Waals surface area contributed by atoms with Gasteiger partial charge in [0, 0.05) is 36.1 Å². The van der Waals surface area contributed by atoms with E-state index in [0.29, 0.717) is 11.9 Å². The molecule has 1 atom stereocenters. The summed E-state index contributed by atoms with van der Waals surface area (Å²) in [5, 5.41) is 6.55. The summed E-state index contributed by atoms with van der Waals surface area (Å²) in [6, 6.07) is 14.5. The van der Waals surface area contributed by atoms with Gasteiger partial charge in [-0.2, -0.15) is 4.98 Å². The van der Waals surface area contributed by atoms with Crippen LogP contribution in [0.5, 0.6) is 0 Å². The standard InChI is InChI=1S/C20H21N5/c1-13-12-15(10-11-22-13)23-20-24-18-16(14-6-4-3-5-7-14)8-9-17(18)19(21-2)25-20/h3-7,10-12,16H,8-9H2,1-2H3,(H2,21,22,23,24,25). The van der Waals surface area contributed by atoms with Crippen LogP contribution in [0.3, 0.4) is 0 Å². The van der Waals surface area contributed by atoms with Crippen LogP contribution in [0.2, 0.25) is 0 Å². The van der Waals surface area contributed by atoms with Crippen molar-refractivity contribution in [1.29, 1.82) is 0 Å². The number of aromatic nitrogens is 3. The Bertz CT molecular complexity index is 892. The normalized spacial score (nSPS) is 15.7. The second-order valence-corrected chi connectivity index (χ2v) is 6.32. The van der Waals surface area contributed by atoms with Gasteiger partial charge in [-0.05, 0) is 37.5 Å². The maximum absolute atomic E-state index is 4.86. The van der Waals surface area contributed by atoms with Crippen molar-refractivity contribution in [2.75, 3.05) is 17.7 Å². The molecule has 5 nitrogen and oxygen atoms in total. The van der Waals surface area contributed by atoms with Gasteiger partial charge in [0.05, 0.1) is 5.69 Å². The molecule has 4 rings (SSSR count). The number of aryl methyl sites for hydroxylation is 1. The van der Waals surface area contributed by atoms with Crippen molar-refractivity contribution in [2.24, 2.45) is 0 Å². The molecule has 2 heterocycles. The van der Waals surface area contributed by atoms with Gasteiger partial charge in [0.2, 0.25) is 5.95 Å². The van der Waals surface area contributed by atoms with E-state index in [1.807, 2.05) is 26.1 Å². The van der Waals surface area contributed by atoms with Crippen LogP contribution >= 0.6 is 0 Å². The first-order valence-electron chi connectivity index (χ1n) is 8.58. The van der Waals surface area contributed by atoms with E-state index in [2.05, 4.69) is 50.9 Å². The Morgan fingerprint density at radius 1 is 1.08 bits per heavy atom. The largest absolute Gasteiger partial charge is 0.373 e. The summed E-state index contributed by atoms with van der Waals surface area (Å²) < 4.78 is 0. The highest BCUT2D eigenvalue weighted by molar-refractivity contribution is 5.59. The fourth-order valence-electron chi connectivity index (χ4n) is 3.49. The Morgan fingerprint density at radius 2 is 1.92 bits per heavy atom. The van der Waals surface area contributed by atoms with Crippen molar-refractivity contribution in [1.82, 2.24) is 15.0 Å². The molecule has 1 unspecified atom stereocenters. The van der Waals surface area contributed by atoms with Crippen molar-refractivity contribution in [3.8, 4) is 0 Å². The zero-order chi connectivity index (χ0) is 17.2. The number of nitrogens with zero attached hydrogens (tertiary/aromatic N) is 3. The van der Waals surface area contributed by atoms with Crippen molar-refractivity contribution in [3.05, 3.63) is 71.2 Å². The third-order valence-electron chi connectivity index (χ3n) is 4.64. The SMILES string of the molecule is CNc1nc(Nc2ccnc(C)c2)nc2c1CCC2c1ccccc1. The van der Waals surface area contributed by atoms with E-state index >= 15 is 0 Å². The maximum Gasteiger partial charge on any atom is 0.229 e. The lowest BCUT2D eigenvalue weighted by molar-refractivity contribution is 0.772. The Kier molecular flexibility index (Phi) is 4.06. The molecule has 25 heavy (non-hydrogen) atoms.